The standard InChI is InChI=1S/C19H24N2O5/c22-16(21-17(19(24)25)14-5-3-9-26-11-14)8-7-13-10-12-4-1-2-6-15(12)20-18(13)23/h1-2,4,6,13-14,17H,3,5,7-11H2,(H,20,23)(H,21,22)(H,24,25). The summed E-state index contributed by atoms with van der Waals surface area (Å²) in [5.74, 6) is -1.97. The highest BCUT2D eigenvalue weighted by atomic mass is 16.5. The third-order valence-electron chi connectivity index (χ3n) is 5.08. The average Bonchev–Trinajstić information content (AvgIpc) is 2.65. The second-order valence-electron chi connectivity index (χ2n) is 6.95. The highest BCUT2D eigenvalue weighted by Gasteiger charge is 2.32. The lowest BCUT2D eigenvalue weighted by molar-refractivity contribution is -0.145. The lowest BCUT2D eigenvalue weighted by Gasteiger charge is -2.28. The van der Waals surface area contributed by atoms with Gasteiger partial charge in [-0.05, 0) is 37.3 Å². The maximum atomic E-state index is 12.2. The number of carbonyl (C=O) groups is 3. The van der Waals surface area contributed by atoms with Gasteiger partial charge in [0.1, 0.15) is 6.04 Å². The Labute approximate surface area is 152 Å². The van der Waals surface area contributed by atoms with Crippen LogP contribution in [0.4, 0.5) is 5.69 Å². The van der Waals surface area contributed by atoms with Crippen molar-refractivity contribution in [3.05, 3.63) is 29.8 Å². The zero-order chi connectivity index (χ0) is 18.5. The Morgan fingerprint density at radius 3 is 2.88 bits per heavy atom. The van der Waals surface area contributed by atoms with E-state index >= 15 is 0 Å². The molecule has 1 fully saturated rings. The molecule has 2 amide bonds. The van der Waals surface area contributed by atoms with Crippen LogP contribution in [0, 0.1) is 11.8 Å². The highest BCUT2D eigenvalue weighted by molar-refractivity contribution is 5.96. The zero-order valence-electron chi connectivity index (χ0n) is 14.6. The number of carboxylic acids is 1. The van der Waals surface area contributed by atoms with E-state index < -0.39 is 12.0 Å². The van der Waals surface area contributed by atoms with Crippen LogP contribution in [0.1, 0.15) is 31.2 Å². The number of carbonyl (C=O) groups excluding carboxylic acids is 2. The van der Waals surface area contributed by atoms with Gasteiger partial charge in [-0.3, -0.25) is 9.59 Å². The Kier molecular flexibility index (Phi) is 5.88. The molecular weight excluding hydrogens is 336 g/mol. The van der Waals surface area contributed by atoms with Crippen molar-refractivity contribution in [1.29, 1.82) is 0 Å². The fourth-order valence-electron chi connectivity index (χ4n) is 3.61. The molecule has 26 heavy (non-hydrogen) atoms. The summed E-state index contributed by atoms with van der Waals surface area (Å²) in [6.07, 6.45) is 2.62. The molecule has 0 radical (unpaired) electrons. The van der Waals surface area contributed by atoms with E-state index in [1.54, 1.807) is 0 Å². The molecule has 2 aliphatic heterocycles. The summed E-state index contributed by atoms with van der Waals surface area (Å²) < 4.78 is 5.33. The monoisotopic (exact) mass is 360 g/mol. The number of carboxylic acid groups (broad SMARTS) is 1. The summed E-state index contributed by atoms with van der Waals surface area (Å²) in [4.78, 5) is 35.9. The molecule has 0 aliphatic carbocycles. The van der Waals surface area contributed by atoms with Crippen molar-refractivity contribution < 1.29 is 24.2 Å². The smallest absolute Gasteiger partial charge is 0.326 e. The minimum absolute atomic E-state index is 0.0908. The lowest BCUT2D eigenvalue weighted by atomic mass is 9.89. The van der Waals surface area contributed by atoms with E-state index in [1.807, 2.05) is 24.3 Å². The Bertz CT molecular complexity index is 684. The van der Waals surface area contributed by atoms with Crippen LogP contribution in [0.25, 0.3) is 0 Å². The first kappa shape index (κ1) is 18.4. The molecule has 1 aromatic carbocycles. The van der Waals surface area contributed by atoms with Crippen LogP contribution in [0.2, 0.25) is 0 Å². The molecule has 3 N–H and O–H groups in total. The van der Waals surface area contributed by atoms with Crippen molar-refractivity contribution in [2.24, 2.45) is 11.8 Å². The van der Waals surface area contributed by atoms with Crippen molar-refractivity contribution in [2.45, 2.75) is 38.1 Å². The summed E-state index contributed by atoms with van der Waals surface area (Å²) in [7, 11) is 0. The molecule has 3 rings (SSSR count). The number of amides is 2. The fourth-order valence-corrected chi connectivity index (χ4v) is 3.61. The number of rotatable bonds is 6. The number of nitrogens with one attached hydrogen (secondary N) is 2. The zero-order valence-corrected chi connectivity index (χ0v) is 14.6. The Morgan fingerprint density at radius 2 is 2.15 bits per heavy atom. The Balaban J connectivity index is 1.53. The number of para-hydroxylation sites is 1. The van der Waals surface area contributed by atoms with Crippen LogP contribution in [0.3, 0.4) is 0 Å². The molecule has 7 nitrogen and oxygen atoms in total. The predicted molar refractivity (Wildman–Crippen MR) is 94.6 cm³/mol. The molecule has 0 aromatic heterocycles. The molecule has 0 bridgehead atoms. The summed E-state index contributed by atoms with van der Waals surface area (Å²) in [5.41, 5.74) is 1.88. The Morgan fingerprint density at radius 1 is 1.35 bits per heavy atom. The molecule has 2 aliphatic rings. The number of aliphatic carboxylic acids is 1. The molecule has 1 aromatic rings. The normalized spacial score (nSPS) is 23.5. The summed E-state index contributed by atoms with van der Waals surface area (Å²) in [5, 5.41) is 14.9. The van der Waals surface area contributed by atoms with Gasteiger partial charge in [-0.1, -0.05) is 18.2 Å². The largest absolute Gasteiger partial charge is 0.480 e. The van der Waals surface area contributed by atoms with Crippen LogP contribution in [-0.4, -0.2) is 42.1 Å². The molecule has 0 saturated carbocycles. The van der Waals surface area contributed by atoms with E-state index in [4.69, 9.17) is 4.74 Å². The fraction of sp³-hybridized carbons (Fsp3) is 0.526. The van der Waals surface area contributed by atoms with Crippen LogP contribution in [-0.2, 0) is 25.5 Å². The number of benzene rings is 1. The van der Waals surface area contributed by atoms with Crippen molar-refractivity contribution in [3.8, 4) is 0 Å². The minimum atomic E-state index is -1.04. The summed E-state index contributed by atoms with van der Waals surface area (Å²) in [6.45, 7) is 0.980. The molecule has 0 spiro atoms. The first-order valence-corrected chi connectivity index (χ1v) is 9.03. The highest BCUT2D eigenvalue weighted by Crippen LogP contribution is 2.27. The van der Waals surface area contributed by atoms with Crippen LogP contribution in [0.15, 0.2) is 24.3 Å². The van der Waals surface area contributed by atoms with Gasteiger partial charge >= 0.3 is 5.97 Å². The van der Waals surface area contributed by atoms with Gasteiger partial charge in [0.15, 0.2) is 0 Å². The van der Waals surface area contributed by atoms with Gasteiger partial charge in [0, 0.05) is 30.6 Å². The third-order valence-corrected chi connectivity index (χ3v) is 5.08. The van der Waals surface area contributed by atoms with Gasteiger partial charge in [-0.25, -0.2) is 4.79 Å². The summed E-state index contributed by atoms with van der Waals surface area (Å²) >= 11 is 0. The average molecular weight is 360 g/mol. The van der Waals surface area contributed by atoms with Crippen LogP contribution in [0.5, 0.6) is 0 Å². The quantitative estimate of drug-likeness (QED) is 0.714. The molecule has 7 heteroatoms. The van der Waals surface area contributed by atoms with Crippen molar-refractivity contribution in [1.82, 2.24) is 5.32 Å². The van der Waals surface area contributed by atoms with Gasteiger partial charge in [-0.15, -0.1) is 0 Å². The SMILES string of the molecule is O=C(CCC1Cc2ccccc2NC1=O)NC(C(=O)O)C1CCCOC1. The molecule has 3 atom stereocenters. The minimum Gasteiger partial charge on any atom is -0.480 e. The molecular formula is C19H24N2O5. The van der Waals surface area contributed by atoms with E-state index in [2.05, 4.69) is 10.6 Å². The number of hydrogen-bond acceptors (Lipinski definition) is 4. The van der Waals surface area contributed by atoms with E-state index in [0.29, 0.717) is 26.1 Å². The van der Waals surface area contributed by atoms with Gasteiger partial charge in [-0.2, -0.15) is 0 Å². The second-order valence-corrected chi connectivity index (χ2v) is 6.95. The number of hydrogen-bond donors (Lipinski definition) is 3. The third kappa shape index (κ3) is 4.40. The van der Waals surface area contributed by atoms with Crippen molar-refractivity contribution in [3.63, 3.8) is 0 Å². The molecule has 2 heterocycles. The van der Waals surface area contributed by atoms with E-state index in [0.717, 1.165) is 24.1 Å². The van der Waals surface area contributed by atoms with Gasteiger partial charge in [0.25, 0.3) is 0 Å². The maximum Gasteiger partial charge on any atom is 0.326 e. The number of anilines is 1. The van der Waals surface area contributed by atoms with Gasteiger partial charge in [0.05, 0.1) is 6.61 Å². The van der Waals surface area contributed by atoms with Crippen LogP contribution < -0.4 is 10.6 Å². The van der Waals surface area contributed by atoms with E-state index in [1.165, 1.54) is 0 Å². The van der Waals surface area contributed by atoms with Gasteiger partial charge < -0.3 is 20.5 Å². The first-order chi connectivity index (χ1) is 12.5. The first-order valence-electron chi connectivity index (χ1n) is 9.03. The Hall–Kier alpha value is -2.41. The second kappa shape index (κ2) is 8.31. The van der Waals surface area contributed by atoms with Gasteiger partial charge in [0.2, 0.25) is 11.8 Å². The molecule has 3 unspecified atom stereocenters. The summed E-state index contributed by atoms with van der Waals surface area (Å²) in [6, 6.07) is 6.67. The van der Waals surface area contributed by atoms with E-state index in [9.17, 15) is 19.5 Å². The number of ether oxygens (including phenoxy) is 1. The van der Waals surface area contributed by atoms with E-state index in [-0.39, 0.29) is 30.1 Å². The topological polar surface area (TPSA) is 105 Å². The maximum absolute atomic E-state index is 12.2. The van der Waals surface area contributed by atoms with Crippen molar-refractivity contribution in [2.75, 3.05) is 18.5 Å². The lowest BCUT2D eigenvalue weighted by Crippen LogP contribution is -2.48. The predicted octanol–water partition coefficient (Wildman–Crippen LogP) is 1.57. The van der Waals surface area contributed by atoms with Crippen molar-refractivity contribution >= 4 is 23.5 Å². The number of fused-ring (bicyclic) bond motifs is 1. The molecule has 1 saturated heterocycles. The van der Waals surface area contributed by atoms with Crippen LogP contribution >= 0.6 is 0 Å². The molecule has 140 valence electrons.